The van der Waals surface area contributed by atoms with E-state index in [1.165, 1.54) is 89.0 Å². The Morgan fingerprint density at radius 1 is 0.547 bits per heavy atom. The van der Waals surface area contributed by atoms with Crippen molar-refractivity contribution < 1.29 is 104 Å². The van der Waals surface area contributed by atoms with Gasteiger partial charge in [-0.3, -0.25) is 14.4 Å². The molecule has 19 nitrogen and oxygen atoms in total. The van der Waals surface area contributed by atoms with Crippen LogP contribution in [0.4, 0.5) is 13.2 Å². The predicted octanol–water partition coefficient (Wildman–Crippen LogP) is 19.7. The molecule has 0 amide bonds. The molecule has 5 aromatic rings. The zero-order valence-corrected chi connectivity index (χ0v) is 70.8. The van der Waals surface area contributed by atoms with Gasteiger partial charge in [0.25, 0.3) is 0 Å². The third-order valence-corrected chi connectivity index (χ3v) is 12.4. The van der Waals surface area contributed by atoms with Crippen molar-refractivity contribution >= 4 is 59.8 Å². The lowest BCUT2D eigenvalue weighted by Gasteiger charge is -2.14. The van der Waals surface area contributed by atoms with Crippen molar-refractivity contribution in [3.63, 3.8) is 0 Å². The maximum atomic E-state index is 11.1. The number of alkyl halides is 3. The van der Waals surface area contributed by atoms with Gasteiger partial charge in [0.2, 0.25) is 0 Å². The zero-order valence-electron chi connectivity index (χ0n) is 70.8. The van der Waals surface area contributed by atoms with Gasteiger partial charge in [-0.25, -0.2) is 28.8 Å². The van der Waals surface area contributed by atoms with Gasteiger partial charge in [0.1, 0.15) is 0 Å². The van der Waals surface area contributed by atoms with Gasteiger partial charge in [-0.15, -0.1) is 50.3 Å². The molecule has 1 fully saturated rings. The fourth-order valence-electron chi connectivity index (χ4n) is 7.50. The molecular weight excluding hydrogens is 1500 g/mol. The first-order chi connectivity index (χ1) is 55.3. The lowest BCUT2D eigenvalue weighted by Crippen LogP contribution is -2.19. The van der Waals surface area contributed by atoms with Crippen LogP contribution in [0.1, 0.15) is 145 Å². The minimum atomic E-state index is -4.00. The molecule has 8 rings (SSSR count). The van der Waals surface area contributed by atoms with E-state index in [1.807, 2.05) is 123 Å². The Balaban J connectivity index is -0.000000154. The largest absolute Gasteiger partial charge is 0.469 e. The number of fused-ring (bicyclic) bond motifs is 2. The number of ether oxygens (including phenoxy) is 10. The van der Waals surface area contributed by atoms with Crippen LogP contribution in [0.25, 0.3) is 6.08 Å². The van der Waals surface area contributed by atoms with E-state index in [2.05, 4.69) is 156 Å². The Morgan fingerprint density at radius 2 is 0.957 bits per heavy atom. The maximum Gasteiger partial charge on any atom is 0.386 e. The Bertz CT molecular complexity index is 3690. The quantitative estimate of drug-likeness (QED) is 0.0370. The number of benzene rings is 5. The molecule has 640 valence electrons. The molecular formula is C95H125F3O19. The highest BCUT2D eigenvalue weighted by Gasteiger charge is 2.40. The van der Waals surface area contributed by atoms with Gasteiger partial charge < -0.3 is 47.4 Å². The van der Waals surface area contributed by atoms with Crippen molar-refractivity contribution in [3.8, 4) is 48.4 Å². The molecule has 5 aromatic carbocycles. The molecule has 0 aromatic heterocycles. The van der Waals surface area contributed by atoms with Crippen LogP contribution >= 0.6 is 0 Å². The summed E-state index contributed by atoms with van der Waals surface area (Å²) in [6.45, 7) is 30.4. The molecule has 4 atom stereocenters. The summed E-state index contributed by atoms with van der Waals surface area (Å²) in [4.78, 5) is 95.1. The molecule has 0 aliphatic heterocycles. The summed E-state index contributed by atoms with van der Waals surface area (Å²) < 4.78 is 75.5. The maximum absolute atomic E-state index is 11.1. The van der Waals surface area contributed by atoms with Gasteiger partial charge in [0.15, 0.2) is 0 Å². The summed E-state index contributed by atoms with van der Waals surface area (Å²) in [5, 5.41) is 0. The molecule has 2 bridgehead atoms. The normalized spacial score (nSPS) is 12.3. The molecule has 22 heteroatoms. The highest BCUT2D eigenvalue weighted by atomic mass is 19.4. The number of rotatable bonds is 12. The van der Waals surface area contributed by atoms with E-state index < -0.39 is 18.1 Å². The lowest BCUT2D eigenvalue weighted by atomic mass is 9.94. The van der Waals surface area contributed by atoms with Crippen LogP contribution < -0.4 is 0 Å². The molecule has 0 heterocycles. The number of methoxy groups -OCH3 is 10. The summed E-state index contributed by atoms with van der Waals surface area (Å²) in [6, 6.07) is 46.6. The van der Waals surface area contributed by atoms with E-state index in [4.69, 9.17) is 4.74 Å². The Labute approximate surface area is 696 Å². The van der Waals surface area contributed by atoms with E-state index in [0.29, 0.717) is 41.6 Å². The summed E-state index contributed by atoms with van der Waals surface area (Å²) >= 11 is 0. The number of allylic oxidation sites excluding steroid dienone is 5. The van der Waals surface area contributed by atoms with E-state index >= 15 is 0 Å². The lowest BCUT2D eigenvalue weighted by molar-refractivity contribution is -0.146. The first-order valence-electron chi connectivity index (χ1n) is 35.6. The van der Waals surface area contributed by atoms with Crippen molar-refractivity contribution in [3.05, 3.63) is 273 Å². The van der Waals surface area contributed by atoms with Gasteiger partial charge in [-0.2, -0.15) is 13.2 Å². The summed E-state index contributed by atoms with van der Waals surface area (Å²) in [5.41, 5.74) is 4.49. The van der Waals surface area contributed by atoms with Gasteiger partial charge in [-0.1, -0.05) is 198 Å². The second kappa shape index (κ2) is 90.4. The molecule has 4 unspecified atom stereocenters. The smallest absolute Gasteiger partial charge is 0.386 e. The van der Waals surface area contributed by atoms with Crippen molar-refractivity contribution in [2.45, 2.75) is 114 Å². The van der Waals surface area contributed by atoms with Crippen molar-refractivity contribution in [2.24, 2.45) is 23.7 Å². The molecule has 3 aliphatic rings. The number of terminal acetylenes is 2. The standard InChI is InChI=1S/C10H10O2.C10H8O2.C9H12O2.C9H8.C8H12O2.2C8H8O2.2C5H8O2.C4H6O2.C4H8O.C3H8.C3H6.2C3H4.C2H3F3.CH4/c2*1-12-10(11)8-7-9-5-3-2-4-6-9;1-11-9(10)8-5-6-2-3-7(8)4-6;1-2-6-9-7-4-3-5-8-9;3*1-10-8(9)7-5-3-2-4-6-7;1-4(2)5(6)7-3;1-3-4-5(6)7-2;1-3-4(5)6-2;1-3-4-5-2;4*1-3-2;1-2(3,4)5;/h2-8H,1H3;2-6H,1H3;2-3,6-8H,4-5H2,1H3;3-5,7-8H,1H3;2-3,7H,4-6H2,1H3;2*2-6H,1H3;1H2,2-3H3;3H,1,4H2,2H3;3H,1H2,2H3;3H,1,4H2,2H3;3H2,1-2H3;3H,1H2,2H3;2*1H,2H3;1H3;1H4/b8-7+;;;;;;;;;;;;;;;;. The van der Waals surface area contributed by atoms with Gasteiger partial charge in [0, 0.05) is 48.8 Å². The third kappa shape index (κ3) is 87.1. The highest BCUT2D eigenvalue weighted by Crippen LogP contribution is 2.43. The molecule has 0 N–H and O–H groups in total. The first-order valence-corrected chi connectivity index (χ1v) is 35.6. The third-order valence-electron chi connectivity index (χ3n) is 12.4. The minimum Gasteiger partial charge on any atom is -0.469 e. The van der Waals surface area contributed by atoms with Gasteiger partial charge in [-0.05, 0) is 139 Å². The Morgan fingerprint density at radius 3 is 1.21 bits per heavy atom. The Kier molecular flexibility index (Phi) is 94.7. The van der Waals surface area contributed by atoms with E-state index in [0.717, 1.165) is 48.4 Å². The number of carbonyl (C=O) groups is 9. The molecule has 3 aliphatic carbocycles. The summed E-state index contributed by atoms with van der Waals surface area (Å²) in [5.74, 6) is 14.2. The predicted molar refractivity (Wildman–Crippen MR) is 464 cm³/mol. The highest BCUT2D eigenvalue weighted by molar-refractivity contribution is 5.90. The molecule has 0 radical (unpaired) electrons. The summed E-state index contributed by atoms with van der Waals surface area (Å²) in [6.07, 6.45) is 29.5. The van der Waals surface area contributed by atoms with Crippen LogP contribution in [0.3, 0.4) is 0 Å². The van der Waals surface area contributed by atoms with Crippen LogP contribution in [0.15, 0.2) is 245 Å². The molecule has 0 saturated heterocycles. The number of carbonyl (C=O) groups excluding carboxylic acids is 9. The Hall–Kier alpha value is -12.8. The fourth-order valence-corrected chi connectivity index (χ4v) is 7.50. The fraction of sp³-hybridized carbons (Fsp3) is 0.337. The summed E-state index contributed by atoms with van der Waals surface area (Å²) in [7, 11) is 14.0. The first kappa shape index (κ1) is 122. The van der Waals surface area contributed by atoms with Gasteiger partial charge >= 0.3 is 59.9 Å². The van der Waals surface area contributed by atoms with E-state index in [9.17, 15) is 56.3 Å². The number of esters is 9. The van der Waals surface area contributed by atoms with E-state index in [-0.39, 0.29) is 68.0 Å². The van der Waals surface area contributed by atoms with Crippen LogP contribution in [-0.4, -0.2) is 138 Å². The minimum absolute atomic E-state index is 0. The van der Waals surface area contributed by atoms with Crippen molar-refractivity contribution in [1.29, 1.82) is 0 Å². The van der Waals surface area contributed by atoms with Gasteiger partial charge in [0.05, 0.1) is 100.0 Å². The van der Waals surface area contributed by atoms with Crippen LogP contribution in [0, 0.1) is 72.0 Å². The van der Waals surface area contributed by atoms with Crippen LogP contribution in [0.5, 0.6) is 0 Å². The van der Waals surface area contributed by atoms with Crippen LogP contribution in [-0.2, 0) is 80.9 Å². The zero-order chi connectivity index (χ0) is 90.2. The second-order valence-electron chi connectivity index (χ2n) is 22.0. The molecule has 117 heavy (non-hydrogen) atoms. The van der Waals surface area contributed by atoms with Crippen molar-refractivity contribution in [2.75, 3.05) is 77.7 Å². The molecule has 0 spiro atoms. The molecule has 1 saturated carbocycles. The average Bonchev–Trinajstić information content (AvgIpc) is 1.67. The van der Waals surface area contributed by atoms with Crippen LogP contribution in [0.2, 0.25) is 0 Å². The topological polar surface area (TPSA) is 246 Å². The number of hydrogen-bond acceptors (Lipinski definition) is 19. The monoisotopic (exact) mass is 1630 g/mol. The second-order valence-corrected chi connectivity index (χ2v) is 22.0. The average molecular weight is 1630 g/mol. The number of hydrogen-bond donors (Lipinski definition) is 0. The number of halogens is 3. The van der Waals surface area contributed by atoms with Crippen molar-refractivity contribution in [1.82, 2.24) is 0 Å². The van der Waals surface area contributed by atoms with E-state index in [1.54, 1.807) is 94.6 Å². The SMILES string of the molecule is C.C#CC.C#CC.C=C(C)C(=O)OC.C=CC.C=CC(=O)OC.C=CCC(=O)OC.C=CCOC.CC#Cc1ccccc1.CC(F)(F)F.CCC.COC(=O)/C=C/c1ccccc1.COC(=O)C#Cc1ccccc1.COC(=O)C1CC2C=CC1C2.COC(=O)C1CC=CCC1.COC(=O)c1ccccc1.COC(=O)c1ccccc1.